The predicted molar refractivity (Wildman–Crippen MR) is 92.7 cm³/mol. The van der Waals surface area contributed by atoms with E-state index in [-0.39, 0.29) is 4.90 Å². The van der Waals surface area contributed by atoms with Gasteiger partial charge >= 0.3 is 0 Å². The fourth-order valence-electron chi connectivity index (χ4n) is 2.90. The van der Waals surface area contributed by atoms with E-state index in [0.717, 1.165) is 18.4 Å². The number of benzene rings is 2. The Bertz CT molecular complexity index is 791. The summed E-state index contributed by atoms with van der Waals surface area (Å²) in [5, 5.41) is 0. The van der Waals surface area contributed by atoms with Gasteiger partial charge in [0.1, 0.15) is 24.7 Å². The second-order valence-electron chi connectivity index (χ2n) is 6.02. The second kappa shape index (κ2) is 7.95. The van der Waals surface area contributed by atoms with E-state index in [9.17, 15) is 12.8 Å². The van der Waals surface area contributed by atoms with Crippen molar-refractivity contribution in [3.05, 3.63) is 60.4 Å². The highest BCUT2D eigenvalue weighted by atomic mass is 32.2. The van der Waals surface area contributed by atoms with Crippen LogP contribution in [0.3, 0.4) is 0 Å². The molecule has 1 aliphatic heterocycles. The molecule has 3 rings (SSSR count). The van der Waals surface area contributed by atoms with Gasteiger partial charge in [-0.2, -0.15) is 4.31 Å². The monoisotopic (exact) mass is 365 g/mol. The van der Waals surface area contributed by atoms with Crippen molar-refractivity contribution in [1.82, 2.24) is 4.31 Å². The molecule has 7 heteroatoms. The molecule has 2 aromatic rings. The van der Waals surface area contributed by atoms with Gasteiger partial charge in [0.2, 0.25) is 10.0 Å². The number of rotatable bonds is 6. The zero-order valence-corrected chi connectivity index (χ0v) is 14.7. The highest BCUT2D eigenvalue weighted by molar-refractivity contribution is 7.89. The van der Waals surface area contributed by atoms with Gasteiger partial charge in [-0.1, -0.05) is 24.3 Å². The van der Waals surface area contributed by atoms with Gasteiger partial charge in [0.15, 0.2) is 0 Å². The van der Waals surface area contributed by atoms with E-state index >= 15 is 0 Å². The van der Waals surface area contributed by atoms with Gasteiger partial charge in [0.05, 0.1) is 31.1 Å². The molecule has 0 amide bonds. The number of nitrogens with zero attached hydrogens (tertiary/aromatic N) is 1. The highest BCUT2D eigenvalue weighted by Gasteiger charge is 2.30. The van der Waals surface area contributed by atoms with Crippen LogP contribution in [0, 0.1) is 5.82 Å². The van der Waals surface area contributed by atoms with Crippen LogP contribution >= 0.6 is 0 Å². The zero-order valence-electron chi connectivity index (χ0n) is 13.9. The Hall–Kier alpha value is -1.96. The van der Waals surface area contributed by atoms with Crippen LogP contribution < -0.4 is 9.64 Å². The molecule has 1 heterocycles. The molecule has 0 spiro atoms. The van der Waals surface area contributed by atoms with Crippen LogP contribution in [0.1, 0.15) is 0 Å². The van der Waals surface area contributed by atoms with E-state index in [1.54, 1.807) is 0 Å². The van der Waals surface area contributed by atoms with Crippen LogP contribution in [0.5, 0.6) is 5.75 Å². The summed E-state index contributed by atoms with van der Waals surface area (Å²) in [5.74, 6) is 0.303. The zero-order chi connectivity index (χ0) is 17.7. The first-order valence-electron chi connectivity index (χ1n) is 8.33. The lowest BCUT2D eigenvalue weighted by atomic mass is 10.3. The molecule has 0 saturated carbocycles. The van der Waals surface area contributed by atoms with E-state index in [2.05, 4.69) is 0 Å². The van der Waals surface area contributed by atoms with Gasteiger partial charge in [-0.05, 0) is 30.3 Å². The van der Waals surface area contributed by atoms with Crippen molar-refractivity contribution in [2.45, 2.75) is 4.90 Å². The number of halogens is 1. The number of sulfonamides is 1. The van der Waals surface area contributed by atoms with Gasteiger partial charge in [-0.3, -0.25) is 0 Å². The SMILES string of the molecule is O=S(=O)(c1cccc(F)c1)N1CC[NH+](CCOc2ccccc2)CC1. The molecule has 0 aliphatic carbocycles. The molecule has 1 saturated heterocycles. The maximum absolute atomic E-state index is 13.3. The molecule has 5 nitrogen and oxygen atoms in total. The minimum Gasteiger partial charge on any atom is -0.488 e. The van der Waals surface area contributed by atoms with Gasteiger partial charge in [0, 0.05) is 0 Å². The topological polar surface area (TPSA) is 51.0 Å². The van der Waals surface area contributed by atoms with Crippen molar-refractivity contribution < 1.29 is 22.4 Å². The van der Waals surface area contributed by atoms with Crippen LogP contribution in [-0.4, -0.2) is 52.1 Å². The van der Waals surface area contributed by atoms with E-state index in [0.29, 0.717) is 32.8 Å². The first-order valence-corrected chi connectivity index (χ1v) is 9.77. The van der Waals surface area contributed by atoms with Crippen molar-refractivity contribution in [1.29, 1.82) is 0 Å². The molecular weight excluding hydrogens is 343 g/mol. The number of para-hydroxylation sites is 1. The van der Waals surface area contributed by atoms with Crippen LogP contribution in [0.4, 0.5) is 4.39 Å². The molecule has 1 fully saturated rings. The van der Waals surface area contributed by atoms with E-state index < -0.39 is 15.8 Å². The summed E-state index contributed by atoms with van der Waals surface area (Å²) in [6, 6.07) is 14.8. The van der Waals surface area contributed by atoms with Gasteiger partial charge in [0.25, 0.3) is 0 Å². The van der Waals surface area contributed by atoms with Crippen molar-refractivity contribution in [2.24, 2.45) is 0 Å². The maximum atomic E-state index is 13.3. The summed E-state index contributed by atoms with van der Waals surface area (Å²) in [4.78, 5) is 1.32. The molecule has 0 radical (unpaired) electrons. The van der Waals surface area contributed by atoms with Crippen LogP contribution in [0.25, 0.3) is 0 Å². The number of piperazine rings is 1. The Balaban J connectivity index is 1.50. The van der Waals surface area contributed by atoms with Gasteiger partial charge in [-0.15, -0.1) is 0 Å². The molecule has 1 N–H and O–H groups in total. The quantitative estimate of drug-likeness (QED) is 0.824. The Kier molecular flexibility index (Phi) is 5.67. The van der Waals surface area contributed by atoms with E-state index in [1.165, 1.54) is 27.4 Å². The summed E-state index contributed by atoms with van der Waals surface area (Å²) in [6.45, 7) is 3.71. The lowest BCUT2D eigenvalue weighted by Gasteiger charge is -2.31. The number of hydrogen-bond acceptors (Lipinski definition) is 3. The predicted octanol–water partition coefficient (Wildman–Crippen LogP) is 0.794. The summed E-state index contributed by atoms with van der Waals surface area (Å²) >= 11 is 0. The third-order valence-electron chi connectivity index (χ3n) is 4.33. The summed E-state index contributed by atoms with van der Waals surface area (Å²) in [6.07, 6.45) is 0. The first kappa shape index (κ1) is 17.8. The average molecular weight is 365 g/mol. The Morgan fingerprint density at radius 1 is 1.04 bits per heavy atom. The molecule has 25 heavy (non-hydrogen) atoms. The van der Waals surface area contributed by atoms with Crippen LogP contribution in [-0.2, 0) is 10.0 Å². The number of quaternary nitrogens is 1. The lowest BCUT2D eigenvalue weighted by molar-refractivity contribution is -0.903. The van der Waals surface area contributed by atoms with Crippen LogP contribution in [0.15, 0.2) is 59.5 Å². The standard InChI is InChI=1S/C18H21FN2O3S/c19-16-5-4-8-18(15-16)25(22,23)21-11-9-20(10-12-21)13-14-24-17-6-2-1-3-7-17/h1-8,15H,9-14H2/p+1. The molecule has 134 valence electrons. The van der Waals surface area contributed by atoms with E-state index in [1.807, 2.05) is 30.3 Å². The molecule has 1 aliphatic rings. The van der Waals surface area contributed by atoms with Crippen molar-refractivity contribution in [3.63, 3.8) is 0 Å². The Morgan fingerprint density at radius 2 is 1.76 bits per heavy atom. The number of nitrogens with one attached hydrogen (secondary N) is 1. The summed E-state index contributed by atoms with van der Waals surface area (Å²) in [7, 11) is -3.62. The van der Waals surface area contributed by atoms with Gasteiger partial charge in [-0.25, -0.2) is 12.8 Å². The second-order valence-corrected chi connectivity index (χ2v) is 7.96. The fraction of sp³-hybridized carbons (Fsp3) is 0.333. The largest absolute Gasteiger partial charge is 0.488 e. The van der Waals surface area contributed by atoms with Gasteiger partial charge < -0.3 is 9.64 Å². The molecular formula is C18H22FN2O3S+. The Morgan fingerprint density at radius 3 is 2.44 bits per heavy atom. The maximum Gasteiger partial charge on any atom is 0.243 e. The smallest absolute Gasteiger partial charge is 0.243 e. The number of hydrogen-bond donors (Lipinski definition) is 1. The summed E-state index contributed by atoms with van der Waals surface area (Å²) in [5.41, 5.74) is 0. The molecule has 2 aromatic carbocycles. The minimum absolute atomic E-state index is 0.0170. The van der Waals surface area contributed by atoms with Crippen molar-refractivity contribution >= 4 is 10.0 Å². The fourth-order valence-corrected chi connectivity index (χ4v) is 4.37. The molecule has 0 atom stereocenters. The summed E-state index contributed by atoms with van der Waals surface area (Å²) < 4.78 is 45.6. The molecule has 0 bridgehead atoms. The highest BCUT2D eigenvalue weighted by Crippen LogP contribution is 2.16. The van der Waals surface area contributed by atoms with Crippen molar-refractivity contribution in [2.75, 3.05) is 39.3 Å². The normalized spacial score (nSPS) is 16.7. The van der Waals surface area contributed by atoms with Crippen LogP contribution in [0.2, 0.25) is 0 Å². The lowest BCUT2D eigenvalue weighted by Crippen LogP contribution is -3.15. The average Bonchev–Trinajstić information content (AvgIpc) is 2.63. The van der Waals surface area contributed by atoms with Crippen molar-refractivity contribution in [3.8, 4) is 5.75 Å². The molecule has 0 aromatic heterocycles. The third kappa shape index (κ3) is 4.56. The number of ether oxygens (including phenoxy) is 1. The third-order valence-corrected chi connectivity index (χ3v) is 6.23. The minimum atomic E-state index is -3.62. The first-order chi connectivity index (χ1) is 12.1. The Labute approximate surface area is 147 Å². The van der Waals surface area contributed by atoms with E-state index in [4.69, 9.17) is 4.74 Å². The molecule has 0 unspecified atom stereocenters.